The van der Waals surface area contributed by atoms with Gasteiger partial charge in [-0.3, -0.25) is 9.59 Å². The smallest absolute Gasteiger partial charge is 0.308 e. The van der Waals surface area contributed by atoms with Crippen LogP contribution in [0.3, 0.4) is 0 Å². The van der Waals surface area contributed by atoms with E-state index >= 15 is 0 Å². The van der Waals surface area contributed by atoms with E-state index in [0.717, 1.165) is 12.1 Å². The SMILES string of the molecule is CC1C(C(=O)O)CCN1C(=O)Cc1ccc(F)cc1F. The van der Waals surface area contributed by atoms with Gasteiger partial charge in [0.25, 0.3) is 0 Å². The maximum Gasteiger partial charge on any atom is 0.308 e. The van der Waals surface area contributed by atoms with E-state index in [2.05, 4.69) is 0 Å². The average Bonchev–Trinajstić information content (AvgIpc) is 2.74. The van der Waals surface area contributed by atoms with Crippen LogP contribution in [0.1, 0.15) is 18.9 Å². The number of rotatable bonds is 3. The summed E-state index contributed by atoms with van der Waals surface area (Å²) in [7, 11) is 0. The lowest BCUT2D eigenvalue weighted by Crippen LogP contribution is -2.38. The molecule has 0 saturated carbocycles. The number of halogens is 2. The van der Waals surface area contributed by atoms with E-state index in [1.807, 2.05) is 0 Å². The van der Waals surface area contributed by atoms with E-state index in [9.17, 15) is 18.4 Å². The highest BCUT2D eigenvalue weighted by atomic mass is 19.1. The third kappa shape index (κ3) is 2.79. The third-order valence-corrected chi connectivity index (χ3v) is 3.75. The fraction of sp³-hybridized carbons (Fsp3) is 0.429. The van der Waals surface area contributed by atoms with Crippen molar-refractivity contribution in [2.24, 2.45) is 5.92 Å². The topological polar surface area (TPSA) is 57.6 Å². The van der Waals surface area contributed by atoms with Crippen molar-refractivity contribution in [2.45, 2.75) is 25.8 Å². The van der Waals surface area contributed by atoms with Gasteiger partial charge >= 0.3 is 5.97 Å². The number of aliphatic carboxylic acids is 1. The number of hydrogen-bond acceptors (Lipinski definition) is 2. The molecule has 1 N–H and O–H groups in total. The lowest BCUT2D eigenvalue weighted by atomic mass is 10.0. The van der Waals surface area contributed by atoms with Crippen LogP contribution in [0.4, 0.5) is 8.78 Å². The second kappa shape index (κ2) is 5.56. The molecule has 1 aliphatic rings. The number of carboxylic acid groups (broad SMARTS) is 1. The van der Waals surface area contributed by atoms with Crippen LogP contribution >= 0.6 is 0 Å². The Balaban J connectivity index is 2.07. The third-order valence-electron chi connectivity index (χ3n) is 3.75. The molecule has 1 fully saturated rings. The quantitative estimate of drug-likeness (QED) is 0.920. The Morgan fingerprint density at radius 3 is 2.65 bits per heavy atom. The van der Waals surface area contributed by atoms with E-state index in [-0.39, 0.29) is 17.9 Å². The Kier molecular flexibility index (Phi) is 4.01. The van der Waals surface area contributed by atoms with Gasteiger partial charge in [0, 0.05) is 18.7 Å². The first-order valence-corrected chi connectivity index (χ1v) is 6.36. The van der Waals surface area contributed by atoms with Crippen LogP contribution in [-0.4, -0.2) is 34.5 Å². The second-order valence-electron chi connectivity index (χ2n) is 4.97. The molecule has 0 spiro atoms. The fourth-order valence-electron chi connectivity index (χ4n) is 2.55. The monoisotopic (exact) mass is 283 g/mol. The molecular formula is C14H15F2NO3. The summed E-state index contributed by atoms with van der Waals surface area (Å²) in [5.74, 6) is -3.32. The van der Waals surface area contributed by atoms with Crippen molar-refractivity contribution in [1.82, 2.24) is 4.90 Å². The predicted molar refractivity (Wildman–Crippen MR) is 67.0 cm³/mol. The normalized spacial score (nSPS) is 22.1. The summed E-state index contributed by atoms with van der Waals surface area (Å²) >= 11 is 0. The molecule has 1 aliphatic heterocycles. The minimum absolute atomic E-state index is 0.113. The fourth-order valence-corrected chi connectivity index (χ4v) is 2.55. The van der Waals surface area contributed by atoms with Crippen molar-refractivity contribution in [3.05, 3.63) is 35.4 Å². The first kappa shape index (κ1) is 14.4. The minimum Gasteiger partial charge on any atom is -0.481 e. The van der Waals surface area contributed by atoms with Gasteiger partial charge in [0.2, 0.25) is 5.91 Å². The second-order valence-corrected chi connectivity index (χ2v) is 4.97. The molecule has 2 unspecified atom stereocenters. The zero-order chi connectivity index (χ0) is 14.9. The molecule has 0 bridgehead atoms. The van der Waals surface area contributed by atoms with Crippen molar-refractivity contribution >= 4 is 11.9 Å². The zero-order valence-corrected chi connectivity index (χ0v) is 11.0. The molecule has 1 amide bonds. The van der Waals surface area contributed by atoms with E-state index in [1.54, 1.807) is 6.92 Å². The van der Waals surface area contributed by atoms with Gasteiger partial charge < -0.3 is 10.0 Å². The van der Waals surface area contributed by atoms with Gasteiger partial charge in [-0.05, 0) is 25.0 Å². The van der Waals surface area contributed by atoms with E-state index in [4.69, 9.17) is 5.11 Å². The summed E-state index contributed by atoms with van der Waals surface area (Å²) in [6.07, 6.45) is 0.205. The van der Waals surface area contributed by atoms with Gasteiger partial charge in [0.15, 0.2) is 0 Å². The number of carbonyl (C=O) groups is 2. The molecule has 4 nitrogen and oxygen atoms in total. The first-order chi connectivity index (χ1) is 9.40. The Morgan fingerprint density at radius 1 is 1.40 bits per heavy atom. The number of benzene rings is 1. The summed E-state index contributed by atoms with van der Waals surface area (Å²) in [6.45, 7) is 2.02. The maximum absolute atomic E-state index is 13.5. The minimum atomic E-state index is -0.930. The van der Waals surface area contributed by atoms with Crippen LogP contribution in [-0.2, 0) is 16.0 Å². The van der Waals surface area contributed by atoms with Crippen LogP contribution in [0.15, 0.2) is 18.2 Å². The Morgan fingerprint density at radius 2 is 2.10 bits per heavy atom. The number of amides is 1. The number of nitrogens with zero attached hydrogens (tertiary/aromatic N) is 1. The molecule has 1 aromatic carbocycles. The van der Waals surface area contributed by atoms with Gasteiger partial charge in [-0.1, -0.05) is 6.07 Å². The number of carbonyl (C=O) groups excluding carboxylic acids is 1. The summed E-state index contributed by atoms with van der Waals surface area (Å²) in [5.41, 5.74) is 0.113. The molecule has 0 aliphatic carbocycles. The lowest BCUT2D eigenvalue weighted by Gasteiger charge is -2.23. The molecule has 20 heavy (non-hydrogen) atoms. The van der Waals surface area contributed by atoms with Gasteiger partial charge in [-0.25, -0.2) is 8.78 Å². The predicted octanol–water partition coefficient (Wildman–Crippen LogP) is 1.83. The van der Waals surface area contributed by atoms with E-state index in [0.29, 0.717) is 13.0 Å². The van der Waals surface area contributed by atoms with Crippen LogP contribution in [0.2, 0.25) is 0 Å². The van der Waals surface area contributed by atoms with E-state index < -0.39 is 29.6 Å². The lowest BCUT2D eigenvalue weighted by molar-refractivity contribution is -0.143. The highest BCUT2D eigenvalue weighted by Crippen LogP contribution is 2.25. The maximum atomic E-state index is 13.5. The Bertz CT molecular complexity index is 547. The van der Waals surface area contributed by atoms with Gasteiger partial charge in [-0.15, -0.1) is 0 Å². The molecule has 2 rings (SSSR count). The summed E-state index contributed by atoms with van der Waals surface area (Å²) in [5, 5.41) is 9.01. The molecule has 6 heteroatoms. The van der Waals surface area contributed by atoms with Gasteiger partial charge in [0.05, 0.1) is 12.3 Å². The highest BCUT2D eigenvalue weighted by Gasteiger charge is 2.37. The summed E-state index contributed by atoms with van der Waals surface area (Å²) in [6, 6.07) is 2.65. The molecule has 1 saturated heterocycles. The molecule has 0 aromatic heterocycles. The van der Waals surface area contributed by atoms with Crippen molar-refractivity contribution < 1.29 is 23.5 Å². The van der Waals surface area contributed by atoms with Crippen LogP contribution in [0.5, 0.6) is 0 Å². The number of likely N-dealkylation sites (tertiary alicyclic amines) is 1. The first-order valence-electron chi connectivity index (χ1n) is 6.36. The van der Waals surface area contributed by atoms with Crippen molar-refractivity contribution in [1.29, 1.82) is 0 Å². The van der Waals surface area contributed by atoms with Crippen LogP contribution in [0.25, 0.3) is 0 Å². The van der Waals surface area contributed by atoms with Crippen LogP contribution in [0, 0.1) is 17.6 Å². The van der Waals surface area contributed by atoms with Crippen LogP contribution < -0.4 is 0 Å². The Hall–Kier alpha value is -1.98. The highest BCUT2D eigenvalue weighted by molar-refractivity contribution is 5.81. The number of hydrogen-bond donors (Lipinski definition) is 1. The standard InChI is InChI=1S/C14H15F2NO3/c1-8-11(14(19)20)4-5-17(8)13(18)6-9-2-3-10(15)7-12(9)16/h2-3,7-8,11H,4-6H2,1H3,(H,19,20). The van der Waals surface area contributed by atoms with Gasteiger partial charge in [0.1, 0.15) is 11.6 Å². The van der Waals surface area contributed by atoms with Gasteiger partial charge in [-0.2, -0.15) is 0 Å². The molecule has 2 atom stereocenters. The van der Waals surface area contributed by atoms with Crippen molar-refractivity contribution in [2.75, 3.05) is 6.54 Å². The Labute approximate surface area is 115 Å². The molecule has 1 aromatic rings. The van der Waals surface area contributed by atoms with E-state index in [1.165, 1.54) is 11.0 Å². The number of carboxylic acids is 1. The molecular weight excluding hydrogens is 268 g/mol. The summed E-state index contributed by atoms with van der Waals surface area (Å²) < 4.78 is 26.3. The van der Waals surface area contributed by atoms with Crippen molar-refractivity contribution in [3.8, 4) is 0 Å². The molecule has 0 radical (unpaired) electrons. The zero-order valence-electron chi connectivity index (χ0n) is 11.0. The van der Waals surface area contributed by atoms with Crippen molar-refractivity contribution in [3.63, 3.8) is 0 Å². The average molecular weight is 283 g/mol. The molecule has 108 valence electrons. The summed E-state index contributed by atoms with van der Waals surface area (Å²) in [4.78, 5) is 24.5. The largest absolute Gasteiger partial charge is 0.481 e. The molecule has 1 heterocycles.